The summed E-state index contributed by atoms with van der Waals surface area (Å²) in [5.74, 6) is 1.96. The highest BCUT2D eigenvalue weighted by Crippen LogP contribution is 2.09. The zero-order valence-electron chi connectivity index (χ0n) is 10.8. The lowest BCUT2D eigenvalue weighted by molar-refractivity contribution is 0.600. The first-order chi connectivity index (χ1) is 8.40. The van der Waals surface area contributed by atoms with Crippen LogP contribution in [0.1, 0.15) is 25.6 Å². The van der Waals surface area contributed by atoms with Crippen molar-refractivity contribution in [1.82, 2.24) is 9.97 Å². The molecule has 0 saturated heterocycles. The third-order valence-corrected chi connectivity index (χ3v) is 3.29. The largest absolute Gasteiger partial charge is 0.384 e. The topological polar surface area (TPSA) is 98.0 Å². The van der Waals surface area contributed by atoms with Gasteiger partial charge in [-0.15, -0.1) is 0 Å². The molecule has 0 aliphatic carbocycles. The van der Waals surface area contributed by atoms with Crippen LogP contribution in [0.5, 0.6) is 0 Å². The van der Waals surface area contributed by atoms with Gasteiger partial charge in [0.1, 0.15) is 27.3 Å². The van der Waals surface area contributed by atoms with Crippen molar-refractivity contribution in [2.75, 3.05) is 29.6 Å². The fourth-order valence-electron chi connectivity index (χ4n) is 1.49. The van der Waals surface area contributed by atoms with Gasteiger partial charge in [-0.25, -0.2) is 18.4 Å². The Balaban J connectivity index is 2.51. The molecule has 7 heteroatoms. The molecule has 0 aliphatic heterocycles. The molecule has 0 fully saturated rings. The standard InChI is InChI=1S/C11H20N4O2S/c1-3-5-10-14-9(12)8-11(15-10)13-6-4-7-18(2,16)17/h8H,3-7H2,1-2H3,(H3,12,13,14,15). The van der Waals surface area contributed by atoms with E-state index in [-0.39, 0.29) is 5.75 Å². The van der Waals surface area contributed by atoms with Gasteiger partial charge in [0, 0.05) is 25.3 Å². The van der Waals surface area contributed by atoms with Crippen molar-refractivity contribution in [3.63, 3.8) is 0 Å². The molecule has 0 atom stereocenters. The van der Waals surface area contributed by atoms with Gasteiger partial charge in [0.05, 0.1) is 5.75 Å². The normalized spacial score (nSPS) is 11.4. The second-order valence-electron chi connectivity index (χ2n) is 4.25. The van der Waals surface area contributed by atoms with Crippen molar-refractivity contribution >= 4 is 21.5 Å². The molecule has 1 rings (SSSR count). The van der Waals surface area contributed by atoms with Crippen LogP contribution in [0.15, 0.2) is 6.07 Å². The van der Waals surface area contributed by atoms with E-state index in [1.807, 2.05) is 6.92 Å². The molecule has 0 aliphatic rings. The molecule has 0 aromatic carbocycles. The molecular formula is C11H20N4O2S. The number of nitrogens with one attached hydrogen (secondary N) is 1. The van der Waals surface area contributed by atoms with Crippen LogP contribution in [0, 0.1) is 0 Å². The lowest BCUT2D eigenvalue weighted by Crippen LogP contribution is -2.11. The van der Waals surface area contributed by atoms with Crippen LogP contribution in [-0.2, 0) is 16.3 Å². The number of rotatable bonds is 7. The van der Waals surface area contributed by atoms with Crippen LogP contribution >= 0.6 is 0 Å². The van der Waals surface area contributed by atoms with E-state index in [1.165, 1.54) is 6.26 Å². The number of nitrogens with zero attached hydrogens (tertiary/aromatic N) is 2. The fraction of sp³-hybridized carbons (Fsp3) is 0.636. The van der Waals surface area contributed by atoms with E-state index in [1.54, 1.807) is 6.07 Å². The summed E-state index contributed by atoms with van der Waals surface area (Å²) >= 11 is 0. The first kappa shape index (κ1) is 14.7. The molecule has 6 nitrogen and oxygen atoms in total. The molecule has 18 heavy (non-hydrogen) atoms. The highest BCUT2D eigenvalue weighted by atomic mass is 32.2. The molecule has 1 aromatic heterocycles. The van der Waals surface area contributed by atoms with Crippen molar-refractivity contribution in [3.05, 3.63) is 11.9 Å². The molecule has 1 aromatic rings. The van der Waals surface area contributed by atoms with Crippen LogP contribution < -0.4 is 11.1 Å². The Labute approximate surface area is 108 Å². The van der Waals surface area contributed by atoms with Crippen LogP contribution in [0.2, 0.25) is 0 Å². The number of nitrogen functional groups attached to an aromatic ring is 1. The van der Waals surface area contributed by atoms with Crippen molar-refractivity contribution < 1.29 is 8.42 Å². The maximum absolute atomic E-state index is 11.0. The molecule has 0 radical (unpaired) electrons. The smallest absolute Gasteiger partial charge is 0.147 e. The minimum absolute atomic E-state index is 0.169. The molecule has 0 bridgehead atoms. The van der Waals surface area contributed by atoms with Crippen molar-refractivity contribution in [3.8, 4) is 0 Å². The molecule has 0 unspecified atom stereocenters. The molecular weight excluding hydrogens is 252 g/mol. The van der Waals surface area contributed by atoms with Crippen molar-refractivity contribution in [2.24, 2.45) is 0 Å². The van der Waals surface area contributed by atoms with E-state index < -0.39 is 9.84 Å². The van der Waals surface area contributed by atoms with Crippen molar-refractivity contribution in [2.45, 2.75) is 26.2 Å². The molecule has 0 spiro atoms. The fourth-order valence-corrected chi connectivity index (χ4v) is 2.16. The Bertz CT molecular complexity index is 488. The first-order valence-electron chi connectivity index (χ1n) is 5.95. The van der Waals surface area contributed by atoms with Crippen LogP contribution in [0.3, 0.4) is 0 Å². The van der Waals surface area contributed by atoms with Gasteiger partial charge in [-0.1, -0.05) is 6.92 Å². The zero-order valence-corrected chi connectivity index (χ0v) is 11.6. The number of aromatic nitrogens is 2. The summed E-state index contributed by atoms with van der Waals surface area (Å²) in [5, 5.41) is 3.06. The highest BCUT2D eigenvalue weighted by molar-refractivity contribution is 7.90. The number of aryl methyl sites for hydroxylation is 1. The third-order valence-electron chi connectivity index (χ3n) is 2.26. The maximum atomic E-state index is 11.0. The highest BCUT2D eigenvalue weighted by Gasteiger charge is 2.04. The number of anilines is 2. The summed E-state index contributed by atoms with van der Waals surface area (Å²) in [6, 6.07) is 1.65. The zero-order chi connectivity index (χ0) is 13.6. The van der Waals surface area contributed by atoms with Gasteiger partial charge >= 0.3 is 0 Å². The van der Waals surface area contributed by atoms with Crippen LogP contribution in [0.25, 0.3) is 0 Å². The Hall–Kier alpha value is -1.37. The Morgan fingerprint density at radius 2 is 2.11 bits per heavy atom. The van der Waals surface area contributed by atoms with E-state index >= 15 is 0 Å². The molecule has 1 heterocycles. The van der Waals surface area contributed by atoms with Gasteiger partial charge in [-0.2, -0.15) is 0 Å². The molecule has 0 amide bonds. The summed E-state index contributed by atoms with van der Waals surface area (Å²) in [6.07, 6.45) is 3.51. The van der Waals surface area contributed by atoms with Crippen LogP contribution in [-0.4, -0.2) is 36.9 Å². The average Bonchev–Trinajstić information content (AvgIpc) is 2.23. The average molecular weight is 272 g/mol. The minimum Gasteiger partial charge on any atom is -0.384 e. The monoisotopic (exact) mass is 272 g/mol. The van der Waals surface area contributed by atoms with E-state index in [9.17, 15) is 8.42 Å². The van der Waals surface area contributed by atoms with Gasteiger partial charge < -0.3 is 11.1 Å². The van der Waals surface area contributed by atoms with E-state index in [0.717, 1.165) is 12.8 Å². The van der Waals surface area contributed by atoms with Gasteiger partial charge in [0.25, 0.3) is 0 Å². The van der Waals surface area contributed by atoms with Gasteiger partial charge in [0.15, 0.2) is 0 Å². The number of hydrogen-bond donors (Lipinski definition) is 2. The number of nitrogens with two attached hydrogens (primary N) is 1. The number of hydrogen-bond acceptors (Lipinski definition) is 6. The molecule has 3 N–H and O–H groups in total. The first-order valence-corrected chi connectivity index (χ1v) is 8.02. The lowest BCUT2D eigenvalue weighted by Gasteiger charge is -2.07. The Morgan fingerprint density at radius 3 is 2.72 bits per heavy atom. The molecule has 0 saturated carbocycles. The predicted octanol–water partition coefficient (Wildman–Crippen LogP) is 0.858. The van der Waals surface area contributed by atoms with Gasteiger partial charge in [-0.05, 0) is 12.8 Å². The SMILES string of the molecule is CCCc1nc(N)cc(NCCCS(C)(=O)=O)n1. The summed E-state index contributed by atoms with van der Waals surface area (Å²) in [7, 11) is -2.90. The Kier molecular flexibility index (Phi) is 5.33. The van der Waals surface area contributed by atoms with E-state index in [4.69, 9.17) is 5.73 Å². The summed E-state index contributed by atoms with van der Waals surface area (Å²) in [4.78, 5) is 8.43. The quantitative estimate of drug-likeness (QED) is 0.714. The summed E-state index contributed by atoms with van der Waals surface area (Å²) < 4.78 is 21.9. The number of sulfone groups is 1. The minimum atomic E-state index is -2.90. The summed E-state index contributed by atoms with van der Waals surface area (Å²) in [6.45, 7) is 2.60. The van der Waals surface area contributed by atoms with E-state index in [2.05, 4.69) is 15.3 Å². The summed E-state index contributed by atoms with van der Waals surface area (Å²) in [5.41, 5.74) is 5.68. The predicted molar refractivity (Wildman–Crippen MR) is 73.3 cm³/mol. The second kappa shape index (κ2) is 6.53. The Morgan fingerprint density at radius 1 is 1.39 bits per heavy atom. The lowest BCUT2D eigenvalue weighted by atomic mass is 10.3. The van der Waals surface area contributed by atoms with Crippen LogP contribution in [0.4, 0.5) is 11.6 Å². The maximum Gasteiger partial charge on any atom is 0.147 e. The van der Waals surface area contributed by atoms with Gasteiger partial charge in [0.2, 0.25) is 0 Å². The second-order valence-corrected chi connectivity index (χ2v) is 6.51. The van der Waals surface area contributed by atoms with Crippen molar-refractivity contribution in [1.29, 1.82) is 0 Å². The molecule has 102 valence electrons. The van der Waals surface area contributed by atoms with Gasteiger partial charge in [-0.3, -0.25) is 0 Å². The van der Waals surface area contributed by atoms with E-state index in [0.29, 0.717) is 30.4 Å². The third kappa shape index (κ3) is 5.81.